The second-order valence-corrected chi connectivity index (χ2v) is 5.62. The van der Waals surface area contributed by atoms with Crippen molar-refractivity contribution in [2.24, 2.45) is 0 Å². The number of nitrogens with zero attached hydrogens (tertiary/aromatic N) is 3. The maximum absolute atomic E-state index is 11.6. The second-order valence-electron chi connectivity index (χ2n) is 5.62. The first-order valence-corrected chi connectivity index (χ1v) is 7.73. The third-order valence-electron chi connectivity index (χ3n) is 3.99. The standard InChI is InChI=1S/C18H20N4O/c1-4-22-10-17(20-11-22)16-7-12(2)14-6-5-13(8-15(14)21-16)9-18(23)19-3/h5-8,10-11H,4,9H2,1-3H3,(H,19,23). The van der Waals surface area contributed by atoms with E-state index in [-0.39, 0.29) is 5.91 Å². The van der Waals surface area contributed by atoms with E-state index in [4.69, 9.17) is 4.98 Å². The van der Waals surface area contributed by atoms with Crippen LogP contribution < -0.4 is 5.32 Å². The van der Waals surface area contributed by atoms with Crippen molar-refractivity contribution in [1.82, 2.24) is 19.9 Å². The summed E-state index contributed by atoms with van der Waals surface area (Å²) in [6.45, 7) is 5.04. The van der Waals surface area contributed by atoms with Gasteiger partial charge in [0.05, 0.1) is 24.0 Å². The van der Waals surface area contributed by atoms with Gasteiger partial charge in [-0.1, -0.05) is 12.1 Å². The molecule has 2 aromatic heterocycles. The molecule has 0 saturated carbocycles. The van der Waals surface area contributed by atoms with Crippen molar-refractivity contribution >= 4 is 16.8 Å². The average Bonchev–Trinajstić information content (AvgIpc) is 3.03. The van der Waals surface area contributed by atoms with Crippen molar-refractivity contribution in [3.05, 3.63) is 47.9 Å². The van der Waals surface area contributed by atoms with E-state index >= 15 is 0 Å². The molecule has 1 amide bonds. The summed E-state index contributed by atoms with van der Waals surface area (Å²) in [5.74, 6) is -0.00100. The van der Waals surface area contributed by atoms with E-state index in [2.05, 4.69) is 30.2 Å². The summed E-state index contributed by atoms with van der Waals surface area (Å²) in [5, 5.41) is 3.75. The molecule has 0 aliphatic carbocycles. The van der Waals surface area contributed by atoms with Crippen LogP contribution in [-0.2, 0) is 17.8 Å². The van der Waals surface area contributed by atoms with Gasteiger partial charge in [0.15, 0.2) is 0 Å². The van der Waals surface area contributed by atoms with E-state index < -0.39 is 0 Å². The summed E-state index contributed by atoms with van der Waals surface area (Å²) >= 11 is 0. The number of fused-ring (bicyclic) bond motifs is 1. The SMILES string of the molecule is CCn1cnc(-c2cc(C)c3ccc(CC(=O)NC)cc3n2)c1. The number of pyridine rings is 1. The molecule has 0 spiro atoms. The number of aryl methyl sites for hydroxylation is 2. The molecule has 1 N–H and O–H groups in total. The summed E-state index contributed by atoms with van der Waals surface area (Å²) in [4.78, 5) is 20.7. The Labute approximate surface area is 135 Å². The minimum absolute atomic E-state index is 0.00100. The van der Waals surface area contributed by atoms with Gasteiger partial charge in [0.25, 0.3) is 0 Å². The molecule has 118 valence electrons. The normalized spacial score (nSPS) is 10.9. The number of rotatable bonds is 4. The van der Waals surface area contributed by atoms with Gasteiger partial charge in [-0.2, -0.15) is 0 Å². The topological polar surface area (TPSA) is 59.8 Å². The molecule has 0 fully saturated rings. The van der Waals surface area contributed by atoms with E-state index in [1.165, 1.54) is 0 Å². The fourth-order valence-corrected chi connectivity index (χ4v) is 2.63. The molecule has 0 saturated heterocycles. The van der Waals surface area contributed by atoms with E-state index in [0.717, 1.165) is 40.0 Å². The number of hydrogen-bond acceptors (Lipinski definition) is 3. The van der Waals surface area contributed by atoms with Gasteiger partial charge in [-0.25, -0.2) is 9.97 Å². The van der Waals surface area contributed by atoms with Gasteiger partial charge in [0.2, 0.25) is 5.91 Å². The maximum atomic E-state index is 11.6. The Morgan fingerprint density at radius 1 is 1.26 bits per heavy atom. The Morgan fingerprint density at radius 3 is 2.78 bits per heavy atom. The molecule has 0 atom stereocenters. The van der Waals surface area contributed by atoms with Crippen LogP contribution in [0.15, 0.2) is 36.8 Å². The minimum Gasteiger partial charge on any atom is -0.359 e. The fraction of sp³-hybridized carbons (Fsp3) is 0.278. The van der Waals surface area contributed by atoms with Crippen LogP contribution >= 0.6 is 0 Å². The predicted octanol–water partition coefficient (Wildman–Crippen LogP) is 2.72. The van der Waals surface area contributed by atoms with Crippen LogP contribution in [0.1, 0.15) is 18.1 Å². The Hall–Kier alpha value is -2.69. The number of hydrogen-bond donors (Lipinski definition) is 1. The van der Waals surface area contributed by atoms with Crippen LogP contribution in [0.25, 0.3) is 22.3 Å². The zero-order valence-electron chi connectivity index (χ0n) is 13.6. The van der Waals surface area contributed by atoms with E-state index in [0.29, 0.717) is 6.42 Å². The minimum atomic E-state index is -0.00100. The molecule has 1 aromatic carbocycles. The average molecular weight is 308 g/mol. The lowest BCUT2D eigenvalue weighted by Crippen LogP contribution is -2.19. The third-order valence-corrected chi connectivity index (χ3v) is 3.99. The zero-order valence-corrected chi connectivity index (χ0v) is 13.6. The molecule has 3 rings (SSSR count). The van der Waals surface area contributed by atoms with Gasteiger partial charge in [0, 0.05) is 25.2 Å². The van der Waals surface area contributed by atoms with Gasteiger partial charge >= 0.3 is 0 Å². The van der Waals surface area contributed by atoms with Crippen LogP contribution in [0, 0.1) is 6.92 Å². The molecule has 5 nitrogen and oxygen atoms in total. The van der Waals surface area contributed by atoms with Gasteiger partial charge < -0.3 is 9.88 Å². The van der Waals surface area contributed by atoms with Crippen molar-refractivity contribution in [2.75, 3.05) is 7.05 Å². The molecular formula is C18H20N4O. The Kier molecular flexibility index (Phi) is 4.10. The number of carbonyl (C=O) groups is 1. The molecule has 0 bridgehead atoms. The van der Waals surface area contributed by atoms with Crippen LogP contribution in [0.4, 0.5) is 0 Å². The first-order chi connectivity index (χ1) is 11.1. The number of likely N-dealkylation sites (N-methyl/N-ethyl adjacent to an activating group) is 1. The molecular weight excluding hydrogens is 288 g/mol. The van der Waals surface area contributed by atoms with Crippen molar-refractivity contribution < 1.29 is 4.79 Å². The molecule has 0 unspecified atom stereocenters. The second kappa shape index (κ2) is 6.20. The molecule has 5 heteroatoms. The van der Waals surface area contributed by atoms with Crippen molar-refractivity contribution in [3.63, 3.8) is 0 Å². The Morgan fingerprint density at radius 2 is 2.09 bits per heavy atom. The number of carbonyl (C=O) groups excluding carboxylic acids is 1. The maximum Gasteiger partial charge on any atom is 0.224 e. The molecule has 3 aromatic rings. The van der Waals surface area contributed by atoms with Crippen LogP contribution in [0.3, 0.4) is 0 Å². The fourth-order valence-electron chi connectivity index (χ4n) is 2.63. The summed E-state index contributed by atoms with van der Waals surface area (Å²) < 4.78 is 2.03. The van der Waals surface area contributed by atoms with Gasteiger partial charge in [-0.05, 0) is 37.1 Å². The molecule has 0 radical (unpaired) electrons. The smallest absolute Gasteiger partial charge is 0.224 e. The highest BCUT2D eigenvalue weighted by Crippen LogP contribution is 2.24. The number of nitrogens with one attached hydrogen (secondary N) is 1. The lowest BCUT2D eigenvalue weighted by Gasteiger charge is -2.07. The van der Waals surface area contributed by atoms with Crippen molar-refractivity contribution in [2.45, 2.75) is 26.8 Å². The van der Waals surface area contributed by atoms with Gasteiger partial charge in [-0.3, -0.25) is 4.79 Å². The number of aromatic nitrogens is 3. The first-order valence-electron chi connectivity index (χ1n) is 7.73. The highest BCUT2D eigenvalue weighted by molar-refractivity contribution is 5.86. The molecule has 0 aliphatic heterocycles. The van der Waals surface area contributed by atoms with Crippen molar-refractivity contribution in [1.29, 1.82) is 0 Å². The van der Waals surface area contributed by atoms with E-state index in [9.17, 15) is 4.79 Å². The van der Waals surface area contributed by atoms with Gasteiger partial charge in [-0.15, -0.1) is 0 Å². The van der Waals surface area contributed by atoms with Crippen molar-refractivity contribution in [3.8, 4) is 11.4 Å². The molecule has 23 heavy (non-hydrogen) atoms. The first kappa shape index (κ1) is 15.2. The zero-order chi connectivity index (χ0) is 16.4. The van der Waals surface area contributed by atoms with Gasteiger partial charge in [0.1, 0.15) is 5.69 Å². The summed E-state index contributed by atoms with van der Waals surface area (Å²) in [5.41, 5.74) is 4.74. The van der Waals surface area contributed by atoms with Crippen LogP contribution in [-0.4, -0.2) is 27.5 Å². The highest BCUT2D eigenvalue weighted by Gasteiger charge is 2.09. The molecule has 0 aliphatic rings. The Bertz CT molecular complexity index is 867. The summed E-state index contributed by atoms with van der Waals surface area (Å²) in [7, 11) is 1.65. The quantitative estimate of drug-likeness (QED) is 0.806. The highest BCUT2D eigenvalue weighted by atomic mass is 16.1. The number of benzene rings is 1. The largest absolute Gasteiger partial charge is 0.359 e. The lowest BCUT2D eigenvalue weighted by atomic mass is 10.0. The number of amides is 1. The van der Waals surface area contributed by atoms with E-state index in [1.807, 2.05) is 35.3 Å². The van der Waals surface area contributed by atoms with Crippen LogP contribution in [0.2, 0.25) is 0 Å². The lowest BCUT2D eigenvalue weighted by molar-refractivity contribution is -0.119. The van der Waals surface area contributed by atoms with Crippen LogP contribution in [0.5, 0.6) is 0 Å². The Balaban J connectivity index is 2.05. The molecule has 2 heterocycles. The van der Waals surface area contributed by atoms with E-state index in [1.54, 1.807) is 7.05 Å². The summed E-state index contributed by atoms with van der Waals surface area (Å²) in [6.07, 6.45) is 4.18. The predicted molar refractivity (Wildman–Crippen MR) is 91.1 cm³/mol. The number of imidazole rings is 1. The third kappa shape index (κ3) is 3.08. The summed E-state index contributed by atoms with van der Waals surface area (Å²) in [6, 6.07) is 8.06. The monoisotopic (exact) mass is 308 g/mol.